The highest BCUT2D eigenvalue weighted by Gasteiger charge is 2.19. The number of rotatable bonds is 4. The predicted octanol–water partition coefficient (Wildman–Crippen LogP) is 4.41. The first-order chi connectivity index (χ1) is 13.8. The van der Waals surface area contributed by atoms with Crippen LogP contribution in [0.5, 0.6) is 0 Å². The molecule has 7 nitrogen and oxygen atoms in total. The molecule has 1 heterocycles. The van der Waals surface area contributed by atoms with Crippen LogP contribution in [0.3, 0.4) is 0 Å². The van der Waals surface area contributed by atoms with Gasteiger partial charge in [0.2, 0.25) is 0 Å². The van der Waals surface area contributed by atoms with Crippen molar-refractivity contribution in [3.05, 3.63) is 63.7 Å². The highest BCUT2D eigenvalue weighted by molar-refractivity contribution is 7.80. The Labute approximate surface area is 175 Å². The zero-order chi connectivity index (χ0) is 21.0. The Morgan fingerprint density at radius 3 is 2.59 bits per heavy atom. The fourth-order valence-corrected chi connectivity index (χ4v) is 3.71. The van der Waals surface area contributed by atoms with Crippen LogP contribution in [0.2, 0.25) is 0 Å². The Morgan fingerprint density at radius 1 is 1.21 bits per heavy atom. The van der Waals surface area contributed by atoms with Crippen molar-refractivity contribution in [2.24, 2.45) is 0 Å². The van der Waals surface area contributed by atoms with Crippen molar-refractivity contribution in [1.29, 1.82) is 0 Å². The number of carbonyl (C=O) groups is 1. The van der Waals surface area contributed by atoms with Gasteiger partial charge in [0, 0.05) is 41.2 Å². The average molecular weight is 413 g/mol. The summed E-state index contributed by atoms with van der Waals surface area (Å²) in [6.45, 7) is 4.93. The summed E-state index contributed by atoms with van der Waals surface area (Å²) in [4.78, 5) is 25.3. The van der Waals surface area contributed by atoms with Crippen molar-refractivity contribution in [3.8, 4) is 0 Å². The van der Waals surface area contributed by atoms with Gasteiger partial charge in [-0.1, -0.05) is 6.07 Å². The Hall–Kier alpha value is -3.00. The summed E-state index contributed by atoms with van der Waals surface area (Å²) in [5.41, 5.74) is 2.51. The van der Waals surface area contributed by atoms with Crippen LogP contribution in [0.25, 0.3) is 0 Å². The van der Waals surface area contributed by atoms with E-state index in [1.54, 1.807) is 13.0 Å². The summed E-state index contributed by atoms with van der Waals surface area (Å²) in [5, 5.41) is 16.7. The number of amides is 1. The first-order valence-electron chi connectivity index (χ1n) is 9.59. The molecule has 0 aromatic heterocycles. The van der Waals surface area contributed by atoms with E-state index in [1.807, 2.05) is 24.3 Å². The number of anilines is 2. The minimum absolute atomic E-state index is 0.0981. The Balaban J connectivity index is 1.61. The van der Waals surface area contributed by atoms with Crippen molar-refractivity contribution in [1.82, 2.24) is 5.32 Å². The van der Waals surface area contributed by atoms with Crippen LogP contribution >= 0.6 is 12.2 Å². The minimum atomic E-state index is -0.507. The second-order valence-electron chi connectivity index (χ2n) is 7.25. The number of benzene rings is 2. The molecule has 152 valence electrons. The van der Waals surface area contributed by atoms with Crippen LogP contribution in [0, 0.1) is 17.0 Å². The number of thiocarbonyl (C=S) groups is 1. The van der Waals surface area contributed by atoms with E-state index in [2.05, 4.69) is 22.5 Å². The lowest BCUT2D eigenvalue weighted by molar-refractivity contribution is -0.385. The molecule has 0 saturated carbocycles. The maximum atomic E-state index is 12.4. The second kappa shape index (κ2) is 9.00. The summed E-state index contributed by atoms with van der Waals surface area (Å²) < 4.78 is 0. The minimum Gasteiger partial charge on any atom is -0.369 e. The van der Waals surface area contributed by atoms with Gasteiger partial charge in [-0.15, -0.1) is 0 Å². The largest absolute Gasteiger partial charge is 0.369 e. The molecule has 1 atom stereocenters. The van der Waals surface area contributed by atoms with Gasteiger partial charge < -0.3 is 10.2 Å². The lowest BCUT2D eigenvalue weighted by atomic mass is 10.0. The predicted molar refractivity (Wildman–Crippen MR) is 119 cm³/mol. The maximum Gasteiger partial charge on any atom is 0.273 e. The molecular formula is C21H24N4O3S. The molecule has 8 heteroatoms. The molecule has 0 bridgehead atoms. The number of nitro groups is 1. The van der Waals surface area contributed by atoms with Crippen molar-refractivity contribution in [2.45, 2.75) is 39.2 Å². The monoisotopic (exact) mass is 412 g/mol. The van der Waals surface area contributed by atoms with E-state index < -0.39 is 10.8 Å². The fourth-order valence-electron chi connectivity index (χ4n) is 3.50. The fraction of sp³-hybridized carbons (Fsp3) is 0.333. The third-order valence-electron chi connectivity index (χ3n) is 5.15. The average Bonchev–Trinajstić information content (AvgIpc) is 2.69. The number of piperidine rings is 1. The van der Waals surface area contributed by atoms with Crippen molar-refractivity contribution >= 4 is 40.3 Å². The number of nitro benzene ring substituents is 1. The van der Waals surface area contributed by atoms with Crippen molar-refractivity contribution in [2.75, 3.05) is 16.8 Å². The topological polar surface area (TPSA) is 87.5 Å². The van der Waals surface area contributed by atoms with Gasteiger partial charge in [-0.3, -0.25) is 20.2 Å². The van der Waals surface area contributed by atoms with Crippen molar-refractivity contribution < 1.29 is 9.72 Å². The molecule has 29 heavy (non-hydrogen) atoms. The summed E-state index contributed by atoms with van der Waals surface area (Å²) in [5.74, 6) is -0.496. The SMILES string of the molecule is Cc1ccc(C(=O)NC(=S)Nc2ccc(N3CCCC[C@H]3C)cc2)cc1[N+](=O)[O-]. The van der Waals surface area contributed by atoms with Gasteiger partial charge in [0.15, 0.2) is 5.11 Å². The highest BCUT2D eigenvalue weighted by atomic mass is 32.1. The summed E-state index contributed by atoms with van der Waals surface area (Å²) in [6.07, 6.45) is 3.68. The molecule has 0 spiro atoms. The number of nitrogens with zero attached hydrogens (tertiary/aromatic N) is 2. The Morgan fingerprint density at radius 2 is 1.93 bits per heavy atom. The number of aryl methyl sites for hydroxylation is 1. The van der Waals surface area contributed by atoms with Crippen LogP contribution in [-0.2, 0) is 0 Å². The molecule has 0 aliphatic carbocycles. The normalized spacial score (nSPS) is 16.2. The van der Waals surface area contributed by atoms with Gasteiger partial charge in [0.25, 0.3) is 11.6 Å². The molecule has 1 aliphatic rings. The first kappa shape index (κ1) is 20.7. The van der Waals surface area contributed by atoms with Crippen LogP contribution < -0.4 is 15.5 Å². The molecule has 1 fully saturated rings. The van der Waals surface area contributed by atoms with E-state index in [-0.39, 0.29) is 16.4 Å². The molecule has 2 aromatic rings. The second-order valence-corrected chi connectivity index (χ2v) is 7.66. The third kappa shape index (κ3) is 5.08. The maximum absolute atomic E-state index is 12.4. The van der Waals surface area contributed by atoms with Crippen molar-refractivity contribution in [3.63, 3.8) is 0 Å². The summed E-state index contributed by atoms with van der Waals surface area (Å²) >= 11 is 5.21. The first-order valence-corrected chi connectivity index (χ1v) is 10.00. The van der Waals surface area contributed by atoms with E-state index in [4.69, 9.17) is 12.2 Å². The van der Waals surface area contributed by atoms with Gasteiger partial charge in [-0.2, -0.15) is 0 Å². The smallest absolute Gasteiger partial charge is 0.273 e. The van der Waals surface area contributed by atoms with Crippen LogP contribution in [0.15, 0.2) is 42.5 Å². The van der Waals surface area contributed by atoms with E-state index in [1.165, 1.54) is 37.1 Å². The Bertz CT molecular complexity index is 930. The molecule has 0 unspecified atom stereocenters. The molecule has 0 radical (unpaired) electrons. The number of hydrogen-bond acceptors (Lipinski definition) is 5. The zero-order valence-corrected chi connectivity index (χ0v) is 17.3. The molecule has 2 N–H and O–H groups in total. The Kier molecular flexibility index (Phi) is 6.43. The lowest BCUT2D eigenvalue weighted by Gasteiger charge is -2.35. The van der Waals surface area contributed by atoms with E-state index in [9.17, 15) is 14.9 Å². The summed E-state index contributed by atoms with van der Waals surface area (Å²) in [6, 6.07) is 12.8. The number of nitrogens with one attached hydrogen (secondary N) is 2. The molecule has 2 aromatic carbocycles. The van der Waals surface area contributed by atoms with Gasteiger partial charge in [0.05, 0.1) is 4.92 Å². The number of carbonyl (C=O) groups excluding carboxylic acids is 1. The van der Waals surface area contributed by atoms with Crippen LogP contribution in [0.4, 0.5) is 17.1 Å². The van der Waals surface area contributed by atoms with Gasteiger partial charge >= 0.3 is 0 Å². The molecule has 1 saturated heterocycles. The summed E-state index contributed by atoms with van der Waals surface area (Å²) in [7, 11) is 0. The van der Waals surface area contributed by atoms with E-state index in [0.29, 0.717) is 11.6 Å². The van der Waals surface area contributed by atoms with Gasteiger partial charge in [0.1, 0.15) is 0 Å². The highest BCUT2D eigenvalue weighted by Crippen LogP contribution is 2.26. The molecular weight excluding hydrogens is 388 g/mol. The third-order valence-corrected chi connectivity index (χ3v) is 5.36. The molecule has 3 rings (SSSR count). The standard InChI is InChI=1S/C21H24N4O3S/c1-14-6-7-16(13-19(14)25(27)28)20(26)23-21(29)22-17-8-10-18(11-9-17)24-12-4-3-5-15(24)2/h6-11,13,15H,3-5,12H2,1-2H3,(H2,22,23,26,29)/t15-/m1/s1. The quantitative estimate of drug-likeness (QED) is 0.439. The van der Waals surface area contributed by atoms with E-state index in [0.717, 1.165) is 12.2 Å². The van der Waals surface area contributed by atoms with E-state index >= 15 is 0 Å². The van der Waals surface area contributed by atoms with Crippen LogP contribution in [-0.4, -0.2) is 28.5 Å². The van der Waals surface area contributed by atoms with Gasteiger partial charge in [-0.05, 0) is 75.7 Å². The molecule has 1 aliphatic heterocycles. The number of hydrogen-bond donors (Lipinski definition) is 2. The molecule has 1 amide bonds. The van der Waals surface area contributed by atoms with Gasteiger partial charge in [-0.25, -0.2) is 0 Å². The zero-order valence-electron chi connectivity index (χ0n) is 16.5. The van der Waals surface area contributed by atoms with Crippen LogP contribution in [0.1, 0.15) is 42.1 Å². The lowest BCUT2D eigenvalue weighted by Crippen LogP contribution is -2.37.